The standard InChI is InChI=1S/C20H27NO4S2.CH4/c1-19(2,3)15-7-11-17(12-8-15)26(22,23)21-27(24,25)18-13-9-16(10-14-18)20(4,5)6;/h7-14,21H,1-6H3;1H4. The summed E-state index contributed by atoms with van der Waals surface area (Å²) in [5, 5.41) is 0. The fourth-order valence-corrected chi connectivity index (χ4v) is 5.42. The number of nitrogens with one attached hydrogen (secondary N) is 1. The first-order valence-electron chi connectivity index (χ1n) is 8.63. The van der Waals surface area contributed by atoms with E-state index in [0.29, 0.717) is 0 Å². The van der Waals surface area contributed by atoms with Gasteiger partial charge in [0.2, 0.25) is 0 Å². The van der Waals surface area contributed by atoms with Crippen molar-refractivity contribution in [1.82, 2.24) is 4.13 Å². The number of hydrogen-bond acceptors (Lipinski definition) is 4. The van der Waals surface area contributed by atoms with Crippen molar-refractivity contribution in [1.29, 1.82) is 0 Å². The van der Waals surface area contributed by atoms with E-state index in [-0.39, 0.29) is 28.0 Å². The summed E-state index contributed by atoms with van der Waals surface area (Å²) in [4.78, 5) is -0.184. The van der Waals surface area contributed by atoms with Gasteiger partial charge in [-0.15, -0.1) is 4.13 Å². The van der Waals surface area contributed by atoms with Gasteiger partial charge in [-0.1, -0.05) is 73.2 Å². The van der Waals surface area contributed by atoms with Gasteiger partial charge in [0, 0.05) is 0 Å². The summed E-state index contributed by atoms with van der Waals surface area (Å²) < 4.78 is 51.9. The lowest BCUT2D eigenvalue weighted by molar-refractivity contribution is 0.574. The van der Waals surface area contributed by atoms with E-state index in [1.165, 1.54) is 24.3 Å². The zero-order chi connectivity index (χ0) is 20.7. The molecule has 28 heavy (non-hydrogen) atoms. The van der Waals surface area contributed by atoms with Crippen LogP contribution in [0.25, 0.3) is 0 Å². The summed E-state index contributed by atoms with van der Waals surface area (Å²) in [6.07, 6.45) is 0. The molecule has 156 valence electrons. The molecule has 0 unspecified atom stereocenters. The molecule has 2 aromatic carbocycles. The molecule has 5 nitrogen and oxygen atoms in total. The summed E-state index contributed by atoms with van der Waals surface area (Å²) in [6.45, 7) is 12.1. The van der Waals surface area contributed by atoms with Gasteiger partial charge < -0.3 is 0 Å². The summed E-state index contributed by atoms with van der Waals surface area (Å²) in [5.74, 6) is 0. The zero-order valence-corrected chi connectivity index (χ0v) is 18.2. The van der Waals surface area contributed by atoms with Gasteiger partial charge in [-0.3, -0.25) is 0 Å². The van der Waals surface area contributed by atoms with E-state index in [2.05, 4.69) is 0 Å². The summed E-state index contributed by atoms with van der Waals surface area (Å²) >= 11 is 0. The molecule has 0 saturated heterocycles. The van der Waals surface area contributed by atoms with Crippen molar-refractivity contribution in [3.05, 3.63) is 59.7 Å². The van der Waals surface area contributed by atoms with Crippen molar-refractivity contribution in [3.8, 4) is 0 Å². The van der Waals surface area contributed by atoms with Gasteiger partial charge in [-0.05, 0) is 46.2 Å². The number of sulfonamides is 2. The lowest BCUT2D eigenvalue weighted by Gasteiger charge is -2.19. The molecule has 0 radical (unpaired) electrons. The minimum atomic E-state index is -4.20. The molecule has 0 fully saturated rings. The van der Waals surface area contributed by atoms with E-state index in [0.717, 1.165) is 11.1 Å². The molecule has 2 rings (SSSR count). The molecule has 0 aliphatic rings. The second-order valence-electron chi connectivity index (χ2n) is 8.64. The Labute approximate surface area is 170 Å². The second-order valence-corrected chi connectivity index (χ2v) is 12.3. The summed E-state index contributed by atoms with van der Waals surface area (Å²) in [7, 11) is -8.41. The average Bonchev–Trinajstić information content (AvgIpc) is 2.52. The van der Waals surface area contributed by atoms with Crippen LogP contribution in [0.3, 0.4) is 0 Å². The number of hydrogen-bond donors (Lipinski definition) is 1. The van der Waals surface area contributed by atoms with Gasteiger partial charge >= 0.3 is 0 Å². The van der Waals surface area contributed by atoms with Gasteiger partial charge in [0.05, 0.1) is 9.79 Å². The highest BCUT2D eigenvalue weighted by atomic mass is 32.3. The van der Waals surface area contributed by atoms with Crippen molar-refractivity contribution >= 4 is 20.0 Å². The first-order valence-corrected chi connectivity index (χ1v) is 11.6. The highest BCUT2D eigenvalue weighted by molar-refractivity contribution is 8.04. The van der Waals surface area contributed by atoms with Crippen molar-refractivity contribution in [3.63, 3.8) is 0 Å². The van der Waals surface area contributed by atoms with Crippen LogP contribution in [0.15, 0.2) is 58.3 Å². The van der Waals surface area contributed by atoms with E-state index in [4.69, 9.17) is 0 Å². The summed E-state index contributed by atoms with van der Waals surface area (Å²) in [6, 6.07) is 12.4. The fraction of sp³-hybridized carbons (Fsp3) is 0.429. The molecule has 0 aromatic heterocycles. The highest BCUT2D eigenvalue weighted by Gasteiger charge is 2.25. The number of benzene rings is 2. The Bertz CT molecular complexity index is 922. The molecule has 0 saturated carbocycles. The molecule has 7 heteroatoms. The van der Waals surface area contributed by atoms with Crippen LogP contribution in [0, 0.1) is 0 Å². The Hall–Kier alpha value is -1.70. The average molecular weight is 426 g/mol. The Morgan fingerprint density at radius 1 is 0.571 bits per heavy atom. The molecule has 0 amide bonds. The van der Waals surface area contributed by atoms with Crippen LogP contribution >= 0.6 is 0 Å². The predicted octanol–water partition coefficient (Wildman–Crippen LogP) is 4.58. The monoisotopic (exact) mass is 425 g/mol. The van der Waals surface area contributed by atoms with Crippen molar-refractivity contribution in [2.24, 2.45) is 0 Å². The maximum absolute atomic E-state index is 12.5. The Morgan fingerprint density at radius 2 is 0.821 bits per heavy atom. The fourth-order valence-electron chi connectivity index (χ4n) is 2.51. The third-order valence-electron chi connectivity index (χ3n) is 4.28. The predicted molar refractivity (Wildman–Crippen MR) is 115 cm³/mol. The second kappa shape index (κ2) is 7.97. The maximum Gasteiger partial charge on any atom is 0.253 e. The largest absolute Gasteiger partial charge is 0.253 e. The molecule has 0 aliphatic heterocycles. The molecule has 0 bridgehead atoms. The topological polar surface area (TPSA) is 80.3 Å². The highest BCUT2D eigenvalue weighted by Crippen LogP contribution is 2.25. The lowest BCUT2D eigenvalue weighted by atomic mass is 9.87. The van der Waals surface area contributed by atoms with Crippen LogP contribution in [-0.2, 0) is 30.9 Å². The van der Waals surface area contributed by atoms with Gasteiger partial charge in [0.15, 0.2) is 0 Å². The molecule has 0 atom stereocenters. The van der Waals surface area contributed by atoms with Gasteiger partial charge in [0.25, 0.3) is 20.0 Å². The van der Waals surface area contributed by atoms with Gasteiger partial charge in [-0.2, -0.15) is 0 Å². The minimum Gasteiger partial charge on any atom is -0.206 e. The molecule has 0 aliphatic carbocycles. The zero-order valence-electron chi connectivity index (χ0n) is 16.6. The van der Waals surface area contributed by atoms with Crippen molar-refractivity contribution in [2.75, 3.05) is 0 Å². The Morgan fingerprint density at radius 3 is 1.04 bits per heavy atom. The number of rotatable bonds is 4. The Kier molecular flexibility index (Phi) is 6.93. The van der Waals surface area contributed by atoms with Crippen molar-refractivity contribution < 1.29 is 16.8 Å². The van der Waals surface area contributed by atoms with E-state index < -0.39 is 20.0 Å². The minimum absolute atomic E-state index is 0. The third kappa shape index (κ3) is 5.65. The van der Waals surface area contributed by atoms with E-state index in [1.807, 2.05) is 45.7 Å². The van der Waals surface area contributed by atoms with Crippen LogP contribution in [0.2, 0.25) is 0 Å². The normalized spacial score (nSPS) is 13.1. The lowest BCUT2D eigenvalue weighted by Crippen LogP contribution is -2.30. The van der Waals surface area contributed by atoms with E-state index >= 15 is 0 Å². The first-order chi connectivity index (χ1) is 12.1. The molecular weight excluding hydrogens is 394 g/mol. The molecule has 1 N–H and O–H groups in total. The van der Waals surface area contributed by atoms with Crippen LogP contribution in [0.4, 0.5) is 0 Å². The molecule has 0 spiro atoms. The van der Waals surface area contributed by atoms with Crippen LogP contribution < -0.4 is 4.13 Å². The van der Waals surface area contributed by atoms with Crippen LogP contribution in [0.1, 0.15) is 60.1 Å². The van der Waals surface area contributed by atoms with E-state index in [1.54, 1.807) is 24.3 Å². The van der Waals surface area contributed by atoms with Crippen LogP contribution in [0.5, 0.6) is 0 Å². The molecular formula is C21H31NO4S2. The summed E-state index contributed by atoms with van der Waals surface area (Å²) in [5.41, 5.74) is 1.66. The SMILES string of the molecule is C.CC(C)(C)c1ccc(S(=O)(=O)NS(=O)(=O)c2ccc(C(C)(C)C)cc2)cc1. The van der Waals surface area contributed by atoms with Crippen LogP contribution in [-0.4, -0.2) is 16.8 Å². The van der Waals surface area contributed by atoms with Crippen molar-refractivity contribution in [2.45, 2.75) is 69.6 Å². The van der Waals surface area contributed by atoms with Gasteiger partial charge in [0.1, 0.15) is 0 Å². The molecule has 2 aromatic rings. The quantitative estimate of drug-likeness (QED) is 0.777. The first kappa shape index (κ1) is 24.3. The van der Waals surface area contributed by atoms with E-state index in [9.17, 15) is 16.8 Å². The smallest absolute Gasteiger partial charge is 0.206 e. The van der Waals surface area contributed by atoms with Gasteiger partial charge in [-0.25, -0.2) is 16.8 Å². The third-order valence-corrected chi connectivity index (χ3v) is 7.82. The maximum atomic E-state index is 12.5. The molecule has 0 heterocycles. The Balaban J connectivity index is 0.00000392.